The SMILES string of the molecule is NCCS(=O)(=O)[O-].NCCS(=O)(=O)[O-].[Ca+2]. The van der Waals surface area contributed by atoms with Crippen molar-refractivity contribution in [2.75, 3.05) is 24.6 Å². The molecule has 0 aliphatic rings. The van der Waals surface area contributed by atoms with Crippen molar-refractivity contribution < 1.29 is 25.9 Å². The first-order valence-corrected chi connectivity index (χ1v) is 6.55. The monoisotopic (exact) mass is 288 g/mol. The molecule has 0 saturated heterocycles. The maximum Gasteiger partial charge on any atom is 2.00 e. The zero-order chi connectivity index (χ0) is 11.8. The molecule has 0 saturated carbocycles. The van der Waals surface area contributed by atoms with Gasteiger partial charge >= 0.3 is 37.7 Å². The molecule has 0 atom stereocenters. The van der Waals surface area contributed by atoms with E-state index in [4.69, 9.17) is 11.5 Å². The fourth-order valence-electron chi connectivity index (χ4n) is 0.289. The Morgan fingerprint density at radius 3 is 1.00 bits per heavy atom. The van der Waals surface area contributed by atoms with Crippen molar-refractivity contribution in [3.63, 3.8) is 0 Å². The number of hydrogen-bond acceptors (Lipinski definition) is 8. The number of rotatable bonds is 4. The predicted molar refractivity (Wildman–Crippen MR) is 53.0 cm³/mol. The average Bonchev–Trinajstić information content (AvgIpc) is 1.81. The molecule has 0 heterocycles. The Balaban J connectivity index is -0.000000180. The van der Waals surface area contributed by atoms with Crippen molar-refractivity contribution >= 4 is 58.0 Å². The molecule has 0 bridgehead atoms. The summed E-state index contributed by atoms with van der Waals surface area (Å²) in [6, 6.07) is 0. The van der Waals surface area contributed by atoms with Crippen LogP contribution in [0.15, 0.2) is 0 Å². The first-order valence-electron chi connectivity index (χ1n) is 3.39. The summed E-state index contributed by atoms with van der Waals surface area (Å²) in [6.07, 6.45) is 0. The molecule has 4 N–H and O–H groups in total. The molecular formula is C4H12CaN2O6S2. The molecule has 0 spiro atoms. The van der Waals surface area contributed by atoms with E-state index in [0.29, 0.717) is 0 Å². The summed E-state index contributed by atoms with van der Waals surface area (Å²) < 4.78 is 57.6. The molecule has 88 valence electrons. The van der Waals surface area contributed by atoms with Gasteiger partial charge < -0.3 is 20.6 Å². The summed E-state index contributed by atoms with van der Waals surface area (Å²) in [5, 5.41) is 0. The minimum atomic E-state index is -4.05. The minimum absolute atomic E-state index is 0. The molecule has 0 radical (unpaired) electrons. The third kappa shape index (κ3) is 31.3. The third-order valence-corrected chi connectivity index (χ3v) is 2.21. The summed E-state index contributed by atoms with van der Waals surface area (Å²) >= 11 is 0. The van der Waals surface area contributed by atoms with Gasteiger partial charge in [-0.15, -0.1) is 0 Å². The Morgan fingerprint density at radius 1 is 0.800 bits per heavy atom. The summed E-state index contributed by atoms with van der Waals surface area (Å²) in [5.74, 6) is -0.931. The summed E-state index contributed by atoms with van der Waals surface area (Å²) in [5.41, 5.74) is 9.47. The summed E-state index contributed by atoms with van der Waals surface area (Å²) in [6.45, 7) is -0.183. The molecule has 0 aromatic rings. The second kappa shape index (κ2) is 10.2. The average molecular weight is 288 g/mol. The number of nitrogens with two attached hydrogens (primary N) is 2. The first-order chi connectivity index (χ1) is 6.12. The van der Waals surface area contributed by atoms with Crippen LogP contribution in [0.3, 0.4) is 0 Å². The Bertz CT molecular complexity index is 291. The van der Waals surface area contributed by atoms with Gasteiger partial charge in [0.25, 0.3) is 0 Å². The molecule has 0 fully saturated rings. The molecular weight excluding hydrogens is 276 g/mol. The van der Waals surface area contributed by atoms with Gasteiger partial charge in [-0.3, -0.25) is 0 Å². The second-order valence-corrected chi connectivity index (χ2v) is 5.15. The van der Waals surface area contributed by atoms with E-state index in [-0.39, 0.29) is 50.8 Å². The summed E-state index contributed by atoms with van der Waals surface area (Å²) in [7, 11) is -8.10. The van der Waals surface area contributed by atoms with Crippen LogP contribution in [0.1, 0.15) is 0 Å². The van der Waals surface area contributed by atoms with Crippen LogP contribution in [-0.4, -0.2) is 88.3 Å². The molecule has 0 aromatic heterocycles. The van der Waals surface area contributed by atoms with Crippen molar-refractivity contribution in [1.29, 1.82) is 0 Å². The van der Waals surface area contributed by atoms with Crippen molar-refractivity contribution in [2.45, 2.75) is 0 Å². The van der Waals surface area contributed by atoms with Crippen molar-refractivity contribution in [1.82, 2.24) is 0 Å². The Kier molecular flexibility index (Phi) is 14.4. The van der Waals surface area contributed by atoms with Gasteiger partial charge in [0.15, 0.2) is 0 Å². The molecule has 0 unspecified atom stereocenters. The Morgan fingerprint density at radius 2 is 1.00 bits per heavy atom. The zero-order valence-electron chi connectivity index (χ0n) is 7.96. The van der Waals surface area contributed by atoms with E-state index in [1.807, 2.05) is 0 Å². The fourth-order valence-corrected chi connectivity index (χ4v) is 0.866. The van der Waals surface area contributed by atoms with Crippen LogP contribution in [0.2, 0.25) is 0 Å². The van der Waals surface area contributed by atoms with E-state index >= 15 is 0 Å². The Hall–Kier alpha value is 1.000. The molecule has 0 aliphatic heterocycles. The molecule has 0 amide bonds. The fraction of sp³-hybridized carbons (Fsp3) is 1.00. The first kappa shape index (κ1) is 21.3. The quantitative estimate of drug-likeness (QED) is 0.398. The van der Waals surface area contributed by atoms with Crippen LogP contribution in [0.25, 0.3) is 0 Å². The van der Waals surface area contributed by atoms with E-state index in [1.54, 1.807) is 0 Å². The standard InChI is InChI=1S/2C2H7NO3S.Ca/c2*3-1-2-7(4,5)6;/h2*1-3H2,(H,4,5,6);/q;;+2/p-2. The molecule has 0 rings (SSSR count). The smallest absolute Gasteiger partial charge is 0.748 e. The topological polar surface area (TPSA) is 166 Å². The van der Waals surface area contributed by atoms with Crippen LogP contribution in [0.4, 0.5) is 0 Å². The van der Waals surface area contributed by atoms with Crippen molar-refractivity contribution in [2.24, 2.45) is 11.5 Å². The van der Waals surface area contributed by atoms with Crippen LogP contribution >= 0.6 is 0 Å². The van der Waals surface area contributed by atoms with E-state index < -0.39 is 31.7 Å². The van der Waals surface area contributed by atoms with Gasteiger partial charge in [-0.2, -0.15) is 0 Å². The maximum absolute atomic E-state index is 9.60. The summed E-state index contributed by atoms with van der Waals surface area (Å²) in [4.78, 5) is 0. The van der Waals surface area contributed by atoms with E-state index in [0.717, 1.165) is 0 Å². The minimum Gasteiger partial charge on any atom is -0.748 e. The molecule has 15 heavy (non-hydrogen) atoms. The largest absolute Gasteiger partial charge is 2.00 e. The van der Waals surface area contributed by atoms with Crippen LogP contribution in [0.5, 0.6) is 0 Å². The van der Waals surface area contributed by atoms with E-state index in [2.05, 4.69) is 0 Å². The van der Waals surface area contributed by atoms with E-state index in [9.17, 15) is 25.9 Å². The predicted octanol–water partition coefficient (Wildman–Crippen LogP) is -3.40. The van der Waals surface area contributed by atoms with Crippen LogP contribution in [0, 0.1) is 0 Å². The zero-order valence-corrected chi connectivity index (χ0v) is 11.8. The number of hydrogen-bond donors (Lipinski definition) is 2. The van der Waals surface area contributed by atoms with Crippen LogP contribution in [-0.2, 0) is 20.2 Å². The Labute approximate surface area is 119 Å². The van der Waals surface area contributed by atoms with Gasteiger partial charge in [0.05, 0.1) is 31.7 Å². The maximum atomic E-state index is 9.60. The molecule has 0 aliphatic carbocycles. The van der Waals surface area contributed by atoms with Gasteiger partial charge in [-0.25, -0.2) is 16.8 Å². The molecule has 0 aromatic carbocycles. The molecule has 11 heteroatoms. The van der Waals surface area contributed by atoms with Crippen molar-refractivity contribution in [3.8, 4) is 0 Å². The van der Waals surface area contributed by atoms with Gasteiger partial charge in [-0.1, -0.05) is 0 Å². The third-order valence-electron chi connectivity index (χ3n) is 0.736. The van der Waals surface area contributed by atoms with Gasteiger partial charge in [0.1, 0.15) is 0 Å². The van der Waals surface area contributed by atoms with Gasteiger partial charge in [0, 0.05) is 13.1 Å². The van der Waals surface area contributed by atoms with Gasteiger partial charge in [-0.05, 0) is 0 Å². The van der Waals surface area contributed by atoms with Crippen molar-refractivity contribution in [3.05, 3.63) is 0 Å². The van der Waals surface area contributed by atoms with Crippen LogP contribution < -0.4 is 11.5 Å². The molecule has 8 nitrogen and oxygen atoms in total. The van der Waals surface area contributed by atoms with Gasteiger partial charge in [0.2, 0.25) is 0 Å². The second-order valence-electron chi connectivity index (χ2n) is 2.10. The van der Waals surface area contributed by atoms with E-state index in [1.165, 1.54) is 0 Å². The normalized spacial score (nSPS) is 10.9.